The first-order valence-electron chi connectivity index (χ1n) is 7.72. The van der Waals surface area contributed by atoms with Gasteiger partial charge in [0.05, 0.1) is 18.4 Å². The predicted octanol–water partition coefficient (Wildman–Crippen LogP) is 5.61. The number of hydrogen-bond acceptors (Lipinski definition) is 3. The van der Waals surface area contributed by atoms with Gasteiger partial charge in [0.2, 0.25) is 0 Å². The number of carbonyl (C=O) groups excluding carboxylic acids is 1. The van der Waals surface area contributed by atoms with Crippen molar-refractivity contribution in [3.8, 4) is 5.75 Å². The Kier molecular flexibility index (Phi) is 3.93. The summed E-state index contributed by atoms with van der Waals surface area (Å²) in [5.41, 5.74) is 2.61. The molecule has 0 bridgehead atoms. The third-order valence-corrected chi connectivity index (χ3v) is 4.76. The summed E-state index contributed by atoms with van der Waals surface area (Å²) >= 11 is 3.40. The number of fused-ring (bicyclic) bond motifs is 3. The Balaban J connectivity index is 1.80. The molecule has 5 heteroatoms. The van der Waals surface area contributed by atoms with Gasteiger partial charge in [0.25, 0.3) is 5.91 Å². The van der Waals surface area contributed by atoms with Crippen molar-refractivity contribution in [3.63, 3.8) is 0 Å². The maximum absolute atomic E-state index is 12.6. The van der Waals surface area contributed by atoms with Gasteiger partial charge >= 0.3 is 0 Å². The second kappa shape index (κ2) is 6.26. The maximum Gasteiger partial charge on any atom is 0.256 e. The van der Waals surface area contributed by atoms with Crippen molar-refractivity contribution in [2.45, 2.75) is 0 Å². The van der Waals surface area contributed by atoms with Crippen LogP contribution in [0.2, 0.25) is 0 Å². The topological polar surface area (TPSA) is 51.5 Å². The Morgan fingerprint density at radius 2 is 1.76 bits per heavy atom. The number of carbonyl (C=O) groups is 1. The fraction of sp³-hybridized carbons (Fsp3) is 0.0500. The minimum atomic E-state index is -0.221. The van der Waals surface area contributed by atoms with E-state index in [-0.39, 0.29) is 5.91 Å². The van der Waals surface area contributed by atoms with Gasteiger partial charge in [-0.05, 0) is 40.2 Å². The molecule has 0 saturated heterocycles. The van der Waals surface area contributed by atoms with Crippen LogP contribution >= 0.6 is 15.9 Å². The van der Waals surface area contributed by atoms with Gasteiger partial charge in [-0.15, -0.1) is 0 Å². The molecule has 0 saturated carbocycles. The predicted molar refractivity (Wildman–Crippen MR) is 102 cm³/mol. The molecule has 1 N–H and O–H groups in total. The lowest BCUT2D eigenvalue weighted by atomic mass is 10.1. The molecule has 0 aliphatic carbocycles. The van der Waals surface area contributed by atoms with E-state index in [0.29, 0.717) is 22.6 Å². The summed E-state index contributed by atoms with van der Waals surface area (Å²) in [6.07, 6.45) is 0. The number of amides is 1. The molecule has 0 unspecified atom stereocenters. The fourth-order valence-electron chi connectivity index (χ4n) is 2.85. The SMILES string of the molecule is COc1cc2c(cc1NC(=O)c1ccccc1Br)oc1ccccc12. The average molecular weight is 396 g/mol. The normalized spacial score (nSPS) is 11.0. The van der Waals surface area contributed by atoms with Crippen LogP contribution in [0.3, 0.4) is 0 Å². The first-order valence-corrected chi connectivity index (χ1v) is 8.52. The summed E-state index contributed by atoms with van der Waals surface area (Å²) in [7, 11) is 1.58. The summed E-state index contributed by atoms with van der Waals surface area (Å²) in [4.78, 5) is 12.6. The molecule has 0 fully saturated rings. The quantitative estimate of drug-likeness (QED) is 0.490. The van der Waals surface area contributed by atoms with Crippen molar-refractivity contribution in [1.29, 1.82) is 0 Å². The van der Waals surface area contributed by atoms with Gasteiger partial charge in [-0.1, -0.05) is 30.3 Å². The molecule has 0 aliphatic rings. The first-order chi connectivity index (χ1) is 12.2. The highest BCUT2D eigenvalue weighted by molar-refractivity contribution is 9.10. The zero-order valence-corrected chi connectivity index (χ0v) is 15.0. The zero-order chi connectivity index (χ0) is 17.4. The van der Waals surface area contributed by atoms with E-state index in [1.807, 2.05) is 48.5 Å². The molecule has 25 heavy (non-hydrogen) atoms. The second-order valence-electron chi connectivity index (χ2n) is 5.58. The molecule has 1 aromatic heterocycles. The number of furan rings is 1. The first kappa shape index (κ1) is 15.7. The van der Waals surface area contributed by atoms with E-state index in [0.717, 1.165) is 20.8 Å². The van der Waals surface area contributed by atoms with Crippen molar-refractivity contribution >= 4 is 49.5 Å². The van der Waals surface area contributed by atoms with Gasteiger partial charge in [0.15, 0.2) is 0 Å². The Labute approximate surface area is 152 Å². The second-order valence-corrected chi connectivity index (χ2v) is 6.44. The molecule has 0 spiro atoms. The standard InChI is InChI=1S/C20H14BrNO3/c1-24-19-10-14-12-6-3-5-9-17(12)25-18(14)11-16(19)22-20(23)13-7-2-4-8-15(13)21/h2-11H,1H3,(H,22,23). The van der Waals surface area contributed by atoms with E-state index in [4.69, 9.17) is 9.15 Å². The molecular formula is C20H14BrNO3. The Morgan fingerprint density at radius 1 is 1.00 bits per heavy atom. The molecule has 3 aromatic carbocycles. The molecular weight excluding hydrogens is 382 g/mol. The van der Waals surface area contributed by atoms with Gasteiger partial charge in [-0.25, -0.2) is 0 Å². The molecule has 4 nitrogen and oxygen atoms in total. The summed E-state index contributed by atoms with van der Waals surface area (Å²) in [5.74, 6) is 0.362. The number of nitrogens with one attached hydrogen (secondary N) is 1. The van der Waals surface area contributed by atoms with Crippen LogP contribution < -0.4 is 10.1 Å². The molecule has 124 valence electrons. The third-order valence-electron chi connectivity index (χ3n) is 4.07. The highest BCUT2D eigenvalue weighted by Gasteiger charge is 2.16. The smallest absolute Gasteiger partial charge is 0.256 e. The number of halogens is 1. The number of para-hydroxylation sites is 1. The average Bonchev–Trinajstić information content (AvgIpc) is 2.98. The number of methoxy groups -OCH3 is 1. The minimum Gasteiger partial charge on any atom is -0.495 e. The van der Waals surface area contributed by atoms with Gasteiger partial charge in [0.1, 0.15) is 16.9 Å². The van der Waals surface area contributed by atoms with Crippen molar-refractivity contribution in [2.24, 2.45) is 0 Å². The van der Waals surface area contributed by atoms with Crippen LogP contribution in [0.15, 0.2) is 69.6 Å². The summed E-state index contributed by atoms with van der Waals surface area (Å²) < 4.78 is 12.1. The molecule has 1 heterocycles. The van der Waals surface area contributed by atoms with Crippen molar-refractivity contribution in [3.05, 3.63) is 70.7 Å². The largest absolute Gasteiger partial charge is 0.495 e. The van der Waals surface area contributed by atoms with E-state index < -0.39 is 0 Å². The van der Waals surface area contributed by atoms with E-state index in [1.165, 1.54) is 0 Å². The van der Waals surface area contributed by atoms with Crippen LogP contribution in [-0.4, -0.2) is 13.0 Å². The molecule has 0 aliphatic heterocycles. The van der Waals surface area contributed by atoms with Crippen molar-refractivity contribution < 1.29 is 13.9 Å². The summed E-state index contributed by atoms with van der Waals surface area (Å²) in [6, 6.07) is 18.8. The van der Waals surface area contributed by atoms with Gasteiger partial charge < -0.3 is 14.5 Å². The molecule has 0 radical (unpaired) electrons. The number of rotatable bonds is 3. The third kappa shape index (κ3) is 2.76. The van der Waals surface area contributed by atoms with Gasteiger partial charge in [-0.2, -0.15) is 0 Å². The van der Waals surface area contributed by atoms with Crippen LogP contribution in [-0.2, 0) is 0 Å². The molecule has 4 aromatic rings. The highest BCUT2D eigenvalue weighted by atomic mass is 79.9. The Hall–Kier alpha value is -2.79. The maximum atomic E-state index is 12.6. The lowest BCUT2D eigenvalue weighted by Crippen LogP contribution is -2.13. The van der Waals surface area contributed by atoms with E-state index in [2.05, 4.69) is 21.2 Å². The lowest BCUT2D eigenvalue weighted by Gasteiger charge is -2.11. The van der Waals surface area contributed by atoms with Crippen LogP contribution in [0, 0.1) is 0 Å². The van der Waals surface area contributed by atoms with E-state index in [1.54, 1.807) is 19.2 Å². The highest BCUT2D eigenvalue weighted by Crippen LogP contribution is 2.36. The Morgan fingerprint density at radius 3 is 2.56 bits per heavy atom. The Bertz CT molecular complexity index is 1100. The number of hydrogen-bond donors (Lipinski definition) is 1. The summed E-state index contributed by atoms with van der Waals surface area (Å²) in [6.45, 7) is 0. The van der Waals surface area contributed by atoms with Crippen LogP contribution in [0.1, 0.15) is 10.4 Å². The van der Waals surface area contributed by atoms with E-state index >= 15 is 0 Å². The van der Waals surface area contributed by atoms with Gasteiger partial charge in [0, 0.05) is 21.3 Å². The van der Waals surface area contributed by atoms with Crippen molar-refractivity contribution in [2.75, 3.05) is 12.4 Å². The van der Waals surface area contributed by atoms with Crippen LogP contribution in [0.5, 0.6) is 5.75 Å². The zero-order valence-electron chi connectivity index (χ0n) is 13.4. The monoisotopic (exact) mass is 395 g/mol. The number of benzene rings is 3. The number of anilines is 1. The van der Waals surface area contributed by atoms with Gasteiger partial charge in [-0.3, -0.25) is 4.79 Å². The van der Waals surface area contributed by atoms with Crippen molar-refractivity contribution in [1.82, 2.24) is 0 Å². The molecule has 0 atom stereocenters. The minimum absolute atomic E-state index is 0.221. The molecule has 4 rings (SSSR count). The molecule has 1 amide bonds. The van der Waals surface area contributed by atoms with Crippen LogP contribution in [0.4, 0.5) is 5.69 Å². The van der Waals surface area contributed by atoms with E-state index in [9.17, 15) is 4.79 Å². The lowest BCUT2D eigenvalue weighted by molar-refractivity contribution is 0.102. The van der Waals surface area contributed by atoms with Crippen LogP contribution in [0.25, 0.3) is 21.9 Å². The fourth-order valence-corrected chi connectivity index (χ4v) is 3.32. The number of ether oxygens (including phenoxy) is 1. The summed E-state index contributed by atoms with van der Waals surface area (Å²) in [5, 5.41) is 4.86.